The van der Waals surface area contributed by atoms with Gasteiger partial charge in [-0.05, 0) is 56.2 Å². The maximum absolute atomic E-state index is 13.0. The minimum absolute atomic E-state index is 0.0198. The number of aliphatic hydroxyl groups is 1. The highest BCUT2D eigenvalue weighted by molar-refractivity contribution is 5.97. The summed E-state index contributed by atoms with van der Waals surface area (Å²) in [7, 11) is 1.59. The van der Waals surface area contributed by atoms with Crippen molar-refractivity contribution < 1.29 is 19.4 Å². The Balaban J connectivity index is 1.83. The maximum atomic E-state index is 13.0. The summed E-state index contributed by atoms with van der Waals surface area (Å²) in [5, 5.41) is 13.3. The number of rotatable bonds is 6. The van der Waals surface area contributed by atoms with Gasteiger partial charge in [0.05, 0.1) is 19.3 Å². The molecule has 1 saturated heterocycles. The van der Waals surface area contributed by atoms with E-state index in [1.165, 1.54) is 0 Å². The molecule has 2 N–H and O–H groups in total. The van der Waals surface area contributed by atoms with Crippen molar-refractivity contribution in [2.24, 2.45) is 11.3 Å². The zero-order chi connectivity index (χ0) is 17.9. The van der Waals surface area contributed by atoms with E-state index < -0.39 is 0 Å². The predicted octanol–water partition coefficient (Wildman–Crippen LogP) is 2.69. The van der Waals surface area contributed by atoms with Crippen LogP contribution in [0, 0.1) is 18.3 Å². The quantitative estimate of drug-likeness (QED) is 0.830. The SMILES string of the molecule is COc1cc(C)ccc1C(=O)N[C@@H](C1CCOCC1)C1(CO)CCC1. The van der Waals surface area contributed by atoms with Crippen LogP contribution in [-0.2, 0) is 4.74 Å². The molecular formula is C20H29NO4. The van der Waals surface area contributed by atoms with E-state index in [0.717, 1.165) is 50.9 Å². The summed E-state index contributed by atoms with van der Waals surface area (Å²) in [5.41, 5.74) is 1.42. The molecule has 138 valence electrons. The van der Waals surface area contributed by atoms with Crippen LogP contribution < -0.4 is 10.1 Å². The average molecular weight is 347 g/mol. The highest BCUT2D eigenvalue weighted by Crippen LogP contribution is 2.47. The lowest BCUT2D eigenvalue weighted by Gasteiger charge is -2.50. The van der Waals surface area contributed by atoms with Gasteiger partial charge in [0.25, 0.3) is 5.91 Å². The second kappa shape index (κ2) is 7.75. The number of carbonyl (C=O) groups is 1. The third kappa shape index (κ3) is 3.67. The van der Waals surface area contributed by atoms with E-state index in [9.17, 15) is 9.90 Å². The third-order valence-electron chi connectivity index (χ3n) is 5.95. The number of benzene rings is 1. The van der Waals surface area contributed by atoms with Gasteiger partial charge in [-0.25, -0.2) is 0 Å². The van der Waals surface area contributed by atoms with Gasteiger partial charge in [-0.1, -0.05) is 12.5 Å². The van der Waals surface area contributed by atoms with Gasteiger partial charge in [-0.15, -0.1) is 0 Å². The van der Waals surface area contributed by atoms with Crippen LogP contribution in [-0.4, -0.2) is 44.0 Å². The Morgan fingerprint density at radius 2 is 2.12 bits per heavy atom. The summed E-state index contributed by atoms with van der Waals surface area (Å²) in [6.07, 6.45) is 4.91. The molecule has 0 unspecified atom stereocenters. The van der Waals surface area contributed by atoms with E-state index in [1.54, 1.807) is 7.11 Å². The minimum Gasteiger partial charge on any atom is -0.496 e. The van der Waals surface area contributed by atoms with Gasteiger partial charge in [0.1, 0.15) is 5.75 Å². The smallest absolute Gasteiger partial charge is 0.255 e. The molecule has 0 aromatic heterocycles. The second-order valence-electron chi connectivity index (χ2n) is 7.48. The van der Waals surface area contributed by atoms with Crippen LogP contribution in [0.1, 0.15) is 48.0 Å². The number of hydrogen-bond donors (Lipinski definition) is 2. The van der Waals surface area contributed by atoms with Gasteiger partial charge >= 0.3 is 0 Å². The molecule has 1 saturated carbocycles. The molecule has 5 nitrogen and oxygen atoms in total. The number of amides is 1. The molecule has 25 heavy (non-hydrogen) atoms. The van der Waals surface area contributed by atoms with E-state index in [-0.39, 0.29) is 24.0 Å². The molecule has 1 atom stereocenters. The monoisotopic (exact) mass is 347 g/mol. The summed E-state index contributed by atoms with van der Waals surface area (Å²) in [6.45, 7) is 3.56. The molecule has 2 fully saturated rings. The number of aryl methyl sites for hydroxylation is 1. The van der Waals surface area contributed by atoms with Crippen LogP contribution in [0.5, 0.6) is 5.75 Å². The first-order chi connectivity index (χ1) is 12.1. The lowest BCUT2D eigenvalue weighted by Crippen LogP contribution is -2.57. The fourth-order valence-electron chi connectivity index (χ4n) is 4.22. The molecule has 5 heteroatoms. The van der Waals surface area contributed by atoms with Gasteiger partial charge in [-0.3, -0.25) is 4.79 Å². The lowest BCUT2D eigenvalue weighted by atomic mass is 9.60. The topological polar surface area (TPSA) is 67.8 Å². The van der Waals surface area contributed by atoms with Gasteiger partial charge in [0.15, 0.2) is 0 Å². The Bertz CT molecular complexity index is 600. The predicted molar refractivity (Wildman–Crippen MR) is 95.9 cm³/mol. The molecule has 3 rings (SSSR count). The van der Waals surface area contributed by atoms with Crippen LogP contribution in [0.15, 0.2) is 18.2 Å². The first-order valence-corrected chi connectivity index (χ1v) is 9.24. The Labute approximate surface area is 149 Å². The normalized spacial score (nSPS) is 21.2. The van der Waals surface area contributed by atoms with Crippen molar-refractivity contribution in [1.29, 1.82) is 0 Å². The second-order valence-corrected chi connectivity index (χ2v) is 7.48. The molecule has 0 radical (unpaired) electrons. The molecular weight excluding hydrogens is 318 g/mol. The lowest BCUT2D eigenvalue weighted by molar-refractivity contribution is -0.0379. The van der Waals surface area contributed by atoms with Gasteiger partial charge in [-0.2, -0.15) is 0 Å². The molecule has 1 amide bonds. The van der Waals surface area contributed by atoms with Gasteiger partial charge in [0.2, 0.25) is 0 Å². The Hall–Kier alpha value is -1.59. The van der Waals surface area contributed by atoms with Crippen molar-refractivity contribution in [3.63, 3.8) is 0 Å². The van der Waals surface area contributed by atoms with E-state index in [0.29, 0.717) is 17.2 Å². The highest BCUT2D eigenvalue weighted by Gasteiger charge is 2.47. The largest absolute Gasteiger partial charge is 0.496 e. The molecule has 0 bridgehead atoms. The number of carbonyl (C=O) groups excluding carboxylic acids is 1. The fraction of sp³-hybridized carbons (Fsp3) is 0.650. The Morgan fingerprint density at radius 3 is 2.68 bits per heavy atom. The number of hydrogen-bond acceptors (Lipinski definition) is 4. The first-order valence-electron chi connectivity index (χ1n) is 9.24. The van der Waals surface area contributed by atoms with E-state index in [1.807, 2.05) is 25.1 Å². The third-order valence-corrected chi connectivity index (χ3v) is 5.95. The molecule has 1 aromatic rings. The first kappa shape index (κ1) is 18.2. The van der Waals surface area contributed by atoms with E-state index in [2.05, 4.69) is 5.32 Å². The molecule has 1 aliphatic heterocycles. The zero-order valence-corrected chi connectivity index (χ0v) is 15.2. The van der Waals surface area contributed by atoms with Crippen molar-refractivity contribution in [1.82, 2.24) is 5.32 Å². The molecule has 0 spiro atoms. The minimum atomic E-state index is -0.185. The Morgan fingerprint density at radius 1 is 1.40 bits per heavy atom. The average Bonchev–Trinajstić information content (AvgIpc) is 2.60. The highest BCUT2D eigenvalue weighted by atomic mass is 16.5. The van der Waals surface area contributed by atoms with Gasteiger partial charge in [0, 0.05) is 24.7 Å². The Kier molecular flexibility index (Phi) is 5.64. The zero-order valence-electron chi connectivity index (χ0n) is 15.2. The molecule has 1 heterocycles. The fourth-order valence-corrected chi connectivity index (χ4v) is 4.22. The van der Waals surface area contributed by atoms with E-state index in [4.69, 9.17) is 9.47 Å². The van der Waals surface area contributed by atoms with Crippen LogP contribution in [0.25, 0.3) is 0 Å². The summed E-state index contributed by atoms with van der Waals surface area (Å²) in [5.74, 6) is 0.824. The number of ether oxygens (including phenoxy) is 2. The van der Waals surface area contributed by atoms with Crippen molar-refractivity contribution in [2.45, 2.75) is 45.1 Å². The summed E-state index contributed by atoms with van der Waals surface area (Å²) in [6, 6.07) is 5.60. The van der Waals surface area contributed by atoms with Crippen LogP contribution >= 0.6 is 0 Å². The summed E-state index contributed by atoms with van der Waals surface area (Å²) < 4.78 is 10.9. The maximum Gasteiger partial charge on any atom is 0.255 e. The van der Waals surface area contributed by atoms with Crippen LogP contribution in [0.4, 0.5) is 0 Å². The van der Waals surface area contributed by atoms with Gasteiger partial charge < -0.3 is 19.9 Å². The summed E-state index contributed by atoms with van der Waals surface area (Å²) >= 11 is 0. The van der Waals surface area contributed by atoms with Crippen LogP contribution in [0.2, 0.25) is 0 Å². The molecule has 2 aliphatic rings. The number of methoxy groups -OCH3 is 1. The summed E-state index contributed by atoms with van der Waals surface area (Å²) in [4.78, 5) is 13.0. The van der Waals surface area contributed by atoms with Crippen LogP contribution in [0.3, 0.4) is 0 Å². The molecule has 1 aliphatic carbocycles. The molecule has 1 aromatic carbocycles. The number of nitrogens with one attached hydrogen (secondary N) is 1. The van der Waals surface area contributed by atoms with Crippen molar-refractivity contribution >= 4 is 5.91 Å². The van der Waals surface area contributed by atoms with Crippen molar-refractivity contribution in [3.05, 3.63) is 29.3 Å². The standard InChI is InChI=1S/C20H29NO4/c1-14-4-5-16(17(12-14)24-2)19(23)21-18(15-6-10-25-11-7-15)20(13-22)8-3-9-20/h4-5,12,15,18,22H,3,6-11,13H2,1-2H3,(H,21,23)/t18-/m0/s1. The van der Waals surface area contributed by atoms with Crippen molar-refractivity contribution in [3.8, 4) is 5.75 Å². The van der Waals surface area contributed by atoms with Crippen molar-refractivity contribution in [2.75, 3.05) is 26.9 Å². The number of aliphatic hydroxyl groups excluding tert-OH is 1. The van der Waals surface area contributed by atoms with E-state index >= 15 is 0 Å².